The van der Waals surface area contributed by atoms with Crippen molar-refractivity contribution in [1.82, 2.24) is 10.2 Å². The number of carbonyl (C=O) groups is 1. The summed E-state index contributed by atoms with van der Waals surface area (Å²) in [4.78, 5) is 14.3. The van der Waals surface area contributed by atoms with E-state index in [1.54, 1.807) is 0 Å². The van der Waals surface area contributed by atoms with Crippen LogP contribution in [0.5, 0.6) is 0 Å². The van der Waals surface area contributed by atoms with Crippen molar-refractivity contribution in [2.24, 2.45) is 11.8 Å². The smallest absolute Gasteiger partial charge is 0.226 e. The van der Waals surface area contributed by atoms with Gasteiger partial charge in [-0.2, -0.15) is 0 Å². The standard InChI is InChI=1S/C13H24N2O2/c1-10-2-3-12(8-14-10)13(17)15-6-4-11(9-15)5-7-16/h10-12,14,16H,2-9H2,1H3. The summed E-state index contributed by atoms with van der Waals surface area (Å²) < 4.78 is 0. The molecular formula is C13H24N2O2. The molecule has 3 unspecified atom stereocenters. The van der Waals surface area contributed by atoms with E-state index in [-0.39, 0.29) is 12.5 Å². The molecule has 0 aromatic rings. The number of carbonyl (C=O) groups excluding carboxylic acids is 1. The van der Waals surface area contributed by atoms with Crippen molar-refractivity contribution in [3.05, 3.63) is 0 Å². The molecule has 0 aromatic heterocycles. The highest BCUT2D eigenvalue weighted by Gasteiger charge is 2.32. The van der Waals surface area contributed by atoms with Gasteiger partial charge in [-0.3, -0.25) is 4.79 Å². The van der Waals surface area contributed by atoms with E-state index >= 15 is 0 Å². The summed E-state index contributed by atoms with van der Waals surface area (Å²) in [5.74, 6) is 1.02. The minimum Gasteiger partial charge on any atom is -0.396 e. The van der Waals surface area contributed by atoms with Crippen LogP contribution < -0.4 is 5.32 Å². The van der Waals surface area contributed by atoms with E-state index in [0.29, 0.717) is 17.9 Å². The van der Waals surface area contributed by atoms with E-state index in [2.05, 4.69) is 12.2 Å². The summed E-state index contributed by atoms with van der Waals surface area (Å²) in [5.41, 5.74) is 0. The molecule has 0 aliphatic carbocycles. The van der Waals surface area contributed by atoms with E-state index < -0.39 is 0 Å². The van der Waals surface area contributed by atoms with E-state index in [9.17, 15) is 4.79 Å². The average molecular weight is 240 g/mol. The van der Waals surface area contributed by atoms with Crippen LogP contribution in [0.25, 0.3) is 0 Å². The number of amides is 1. The highest BCUT2D eigenvalue weighted by molar-refractivity contribution is 5.79. The SMILES string of the molecule is CC1CCC(C(=O)N2CCC(CCO)C2)CN1. The summed E-state index contributed by atoms with van der Waals surface area (Å²) in [6, 6.07) is 0.555. The second-order valence-corrected chi connectivity index (χ2v) is 5.53. The molecular weight excluding hydrogens is 216 g/mol. The maximum Gasteiger partial charge on any atom is 0.226 e. The second-order valence-electron chi connectivity index (χ2n) is 5.53. The average Bonchev–Trinajstić information content (AvgIpc) is 2.78. The lowest BCUT2D eigenvalue weighted by Gasteiger charge is -2.30. The molecule has 2 heterocycles. The Morgan fingerprint density at radius 1 is 1.41 bits per heavy atom. The molecule has 2 fully saturated rings. The second kappa shape index (κ2) is 5.83. The van der Waals surface area contributed by atoms with Crippen LogP contribution in [0, 0.1) is 11.8 Å². The van der Waals surface area contributed by atoms with Crippen LogP contribution in [0.1, 0.15) is 32.6 Å². The molecule has 1 amide bonds. The molecule has 2 rings (SSSR count). The Morgan fingerprint density at radius 3 is 2.88 bits per heavy atom. The maximum absolute atomic E-state index is 12.3. The Kier molecular flexibility index (Phi) is 4.40. The molecule has 0 bridgehead atoms. The van der Waals surface area contributed by atoms with E-state index in [1.807, 2.05) is 4.90 Å². The molecule has 4 nitrogen and oxygen atoms in total. The van der Waals surface area contributed by atoms with Crippen LogP contribution in [0.3, 0.4) is 0 Å². The van der Waals surface area contributed by atoms with E-state index in [0.717, 1.165) is 45.3 Å². The Labute approximate surface area is 103 Å². The lowest BCUT2D eigenvalue weighted by Crippen LogP contribution is -2.45. The fourth-order valence-electron chi connectivity index (χ4n) is 2.92. The van der Waals surface area contributed by atoms with Gasteiger partial charge in [-0.1, -0.05) is 0 Å². The van der Waals surface area contributed by atoms with Crippen molar-refractivity contribution in [3.8, 4) is 0 Å². The minimum absolute atomic E-state index is 0.180. The van der Waals surface area contributed by atoms with Gasteiger partial charge in [-0.25, -0.2) is 0 Å². The number of piperidine rings is 1. The number of likely N-dealkylation sites (tertiary alicyclic amines) is 1. The normalized spacial score (nSPS) is 34.0. The van der Waals surface area contributed by atoms with Crippen LogP contribution >= 0.6 is 0 Å². The Morgan fingerprint density at radius 2 is 2.24 bits per heavy atom. The Hall–Kier alpha value is -0.610. The lowest BCUT2D eigenvalue weighted by molar-refractivity contribution is -0.135. The fraction of sp³-hybridized carbons (Fsp3) is 0.923. The molecule has 2 aliphatic rings. The van der Waals surface area contributed by atoms with Gasteiger partial charge >= 0.3 is 0 Å². The van der Waals surface area contributed by atoms with Crippen molar-refractivity contribution >= 4 is 5.91 Å². The van der Waals surface area contributed by atoms with Crippen LogP contribution in [-0.2, 0) is 4.79 Å². The third kappa shape index (κ3) is 3.19. The van der Waals surface area contributed by atoms with Crippen LogP contribution in [0.15, 0.2) is 0 Å². The van der Waals surface area contributed by atoms with Gasteiger partial charge in [0.2, 0.25) is 5.91 Å². The first-order valence-corrected chi connectivity index (χ1v) is 6.83. The Balaban J connectivity index is 1.80. The number of nitrogens with one attached hydrogen (secondary N) is 1. The van der Waals surface area contributed by atoms with Gasteiger partial charge in [-0.15, -0.1) is 0 Å². The van der Waals surface area contributed by atoms with Gasteiger partial charge in [0, 0.05) is 32.3 Å². The van der Waals surface area contributed by atoms with Gasteiger partial charge < -0.3 is 15.3 Å². The molecule has 0 saturated carbocycles. The number of aliphatic hydroxyl groups excluding tert-OH is 1. The van der Waals surface area contributed by atoms with Crippen molar-refractivity contribution in [2.45, 2.75) is 38.6 Å². The predicted molar refractivity (Wildman–Crippen MR) is 66.6 cm³/mol. The Bertz CT molecular complexity index is 262. The van der Waals surface area contributed by atoms with E-state index in [1.165, 1.54) is 0 Å². The van der Waals surface area contributed by atoms with Gasteiger partial charge in [0.1, 0.15) is 0 Å². The van der Waals surface area contributed by atoms with Crippen LogP contribution in [0.2, 0.25) is 0 Å². The lowest BCUT2D eigenvalue weighted by atomic mass is 9.94. The van der Waals surface area contributed by atoms with E-state index in [4.69, 9.17) is 5.11 Å². The zero-order valence-electron chi connectivity index (χ0n) is 10.7. The van der Waals surface area contributed by atoms with Crippen LogP contribution in [0.4, 0.5) is 0 Å². The summed E-state index contributed by atoms with van der Waals surface area (Å²) in [6.07, 6.45) is 4.02. The number of rotatable bonds is 3. The predicted octanol–water partition coefficient (Wildman–Crippen LogP) is 0.605. The quantitative estimate of drug-likeness (QED) is 0.760. The van der Waals surface area contributed by atoms with Gasteiger partial charge in [0.25, 0.3) is 0 Å². The number of nitrogens with zero attached hydrogens (tertiary/aromatic N) is 1. The topological polar surface area (TPSA) is 52.6 Å². The van der Waals surface area contributed by atoms with Gasteiger partial charge in [0.05, 0.1) is 5.92 Å². The van der Waals surface area contributed by atoms with Crippen molar-refractivity contribution in [1.29, 1.82) is 0 Å². The highest BCUT2D eigenvalue weighted by Crippen LogP contribution is 2.23. The third-order valence-corrected chi connectivity index (χ3v) is 4.14. The monoisotopic (exact) mass is 240 g/mol. The van der Waals surface area contributed by atoms with Crippen LogP contribution in [-0.4, -0.2) is 48.2 Å². The highest BCUT2D eigenvalue weighted by atomic mass is 16.3. The van der Waals surface area contributed by atoms with Gasteiger partial charge in [0.15, 0.2) is 0 Å². The summed E-state index contributed by atoms with van der Waals surface area (Å²) in [5, 5.41) is 12.3. The molecule has 2 N–H and O–H groups in total. The molecule has 0 spiro atoms. The molecule has 2 aliphatic heterocycles. The first kappa shape index (κ1) is 12.8. The molecule has 3 atom stereocenters. The summed E-state index contributed by atoms with van der Waals surface area (Å²) in [6.45, 7) is 4.99. The fourth-order valence-corrected chi connectivity index (χ4v) is 2.92. The zero-order valence-corrected chi connectivity index (χ0v) is 10.7. The van der Waals surface area contributed by atoms with Crippen molar-refractivity contribution in [3.63, 3.8) is 0 Å². The number of aliphatic hydroxyl groups is 1. The zero-order chi connectivity index (χ0) is 12.3. The molecule has 98 valence electrons. The number of hydrogen-bond acceptors (Lipinski definition) is 3. The first-order chi connectivity index (χ1) is 8.20. The molecule has 4 heteroatoms. The first-order valence-electron chi connectivity index (χ1n) is 6.83. The minimum atomic E-state index is 0.180. The summed E-state index contributed by atoms with van der Waals surface area (Å²) >= 11 is 0. The third-order valence-electron chi connectivity index (χ3n) is 4.14. The molecule has 0 aromatic carbocycles. The largest absolute Gasteiger partial charge is 0.396 e. The molecule has 0 radical (unpaired) electrons. The number of hydrogen-bond donors (Lipinski definition) is 2. The van der Waals surface area contributed by atoms with Gasteiger partial charge in [-0.05, 0) is 38.5 Å². The maximum atomic E-state index is 12.3. The summed E-state index contributed by atoms with van der Waals surface area (Å²) in [7, 11) is 0. The van der Waals surface area contributed by atoms with Crippen molar-refractivity contribution < 1.29 is 9.90 Å². The van der Waals surface area contributed by atoms with Crippen molar-refractivity contribution in [2.75, 3.05) is 26.2 Å². The molecule has 17 heavy (non-hydrogen) atoms. The molecule has 2 saturated heterocycles.